The first kappa shape index (κ1) is 19.9. The first-order chi connectivity index (χ1) is 9.41. The van der Waals surface area contributed by atoms with Gasteiger partial charge in [-0.2, -0.15) is 13.5 Å². The Labute approximate surface area is 132 Å². The lowest BCUT2D eigenvalue weighted by Crippen LogP contribution is -2.44. The zero-order valence-electron chi connectivity index (χ0n) is 12.6. The summed E-state index contributed by atoms with van der Waals surface area (Å²) in [5, 5.41) is 2.65. The summed E-state index contributed by atoms with van der Waals surface area (Å²) in [6.45, 7) is 1.84. The molecule has 0 bridgehead atoms. The number of Topliss-reactive ketones (excluding diaryl/α,β-unsaturated/α-hetero) is 1. The van der Waals surface area contributed by atoms with E-state index >= 15 is 0 Å². The summed E-state index contributed by atoms with van der Waals surface area (Å²) in [5.41, 5.74) is 10.2. The quantitative estimate of drug-likeness (QED) is 0.599. The van der Waals surface area contributed by atoms with Crippen LogP contribution in [0.15, 0.2) is 0 Å². The van der Waals surface area contributed by atoms with E-state index in [1.54, 1.807) is 0 Å². The molecule has 6 nitrogen and oxygen atoms in total. The number of primary amides is 1. The zero-order chi connectivity index (χ0) is 15.2. The van der Waals surface area contributed by atoms with Crippen LogP contribution < -0.4 is 16.8 Å². The molecule has 5 N–H and O–H groups in total. The van der Waals surface area contributed by atoms with Gasteiger partial charge >= 0.3 is 0 Å². The molecular weight excluding hydrogens is 290 g/mol. The van der Waals surface area contributed by atoms with E-state index < -0.39 is 17.4 Å². The SMILES string of the molecule is CC(=O)N[C@@H](CCCN)C(=O)CC1(C(N)=O)CCCC1.S. The third-order valence-electron chi connectivity index (χ3n) is 4.06. The van der Waals surface area contributed by atoms with Gasteiger partial charge < -0.3 is 16.8 Å². The van der Waals surface area contributed by atoms with Crippen LogP contribution in [0.4, 0.5) is 0 Å². The van der Waals surface area contributed by atoms with Crippen molar-refractivity contribution in [3.63, 3.8) is 0 Å². The second-order valence-corrected chi connectivity index (χ2v) is 5.68. The Hall–Kier alpha value is -1.08. The Bertz CT molecular complexity index is 382. The molecule has 0 spiro atoms. The molecule has 1 aliphatic rings. The van der Waals surface area contributed by atoms with Crippen molar-refractivity contribution in [2.24, 2.45) is 16.9 Å². The van der Waals surface area contributed by atoms with Crippen LogP contribution in [0.5, 0.6) is 0 Å². The standard InChI is InChI=1S/C14H25N3O3.H2S/c1-10(18)17-11(5-4-8-15)12(19)9-14(13(16)20)6-2-3-7-14;/h11H,2-9,15H2,1H3,(H2,16,20)(H,17,18);1H2/t11-;/m0./s1. The van der Waals surface area contributed by atoms with E-state index in [1.807, 2.05) is 0 Å². The maximum Gasteiger partial charge on any atom is 0.224 e. The zero-order valence-corrected chi connectivity index (χ0v) is 13.6. The molecule has 0 aromatic carbocycles. The van der Waals surface area contributed by atoms with Gasteiger partial charge in [0.15, 0.2) is 5.78 Å². The fraction of sp³-hybridized carbons (Fsp3) is 0.786. The van der Waals surface area contributed by atoms with Crippen LogP contribution in [0.1, 0.15) is 51.9 Å². The van der Waals surface area contributed by atoms with Crippen molar-refractivity contribution in [2.45, 2.75) is 57.9 Å². The average Bonchev–Trinajstić information content (AvgIpc) is 2.83. The van der Waals surface area contributed by atoms with Crippen LogP contribution in [0.25, 0.3) is 0 Å². The van der Waals surface area contributed by atoms with E-state index in [2.05, 4.69) is 5.32 Å². The molecule has 21 heavy (non-hydrogen) atoms. The molecule has 1 fully saturated rings. The molecule has 0 radical (unpaired) electrons. The summed E-state index contributed by atoms with van der Waals surface area (Å²) < 4.78 is 0. The van der Waals surface area contributed by atoms with Crippen molar-refractivity contribution in [3.8, 4) is 0 Å². The molecule has 1 rings (SSSR count). The lowest BCUT2D eigenvalue weighted by Gasteiger charge is -2.27. The van der Waals surface area contributed by atoms with Gasteiger partial charge in [-0.1, -0.05) is 12.8 Å². The second kappa shape index (κ2) is 9.04. The van der Waals surface area contributed by atoms with E-state index in [4.69, 9.17) is 11.5 Å². The van der Waals surface area contributed by atoms with Gasteiger partial charge in [0.05, 0.1) is 11.5 Å². The largest absolute Gasteiger partial charge is 0.369 e. The number of nitrogens with one attached hydrogen (secondary N) is 1. The number of carbonyl (C=O) groups is 3. The van der Waals surface area contributed by atoms with Crippen LogP contribution in [0.2, 0.25) is 0 Å². The molecule has 0 aliphatic heterocycles. The van der Waals surface area contributed by atoms with E-state index in [0.29, 0.717) is 32.2 Å². The predicted molar refractivity (Wildman–Crippen MR) is 86.0 cm³/mol. The molecule has 7 heteroatoms. The van der Waals surface area contributed by atoms with Crippen molar-refractivity contribution in [1.82, 2.24) is 5.32 Å². The van der Waals surface area contributed by atoms with Crippen molar-refractivity contribution in [3.05, 3.63) is 0 Å². The number of hydrogen-bond acceptors (Lipinski definition) is 4. The Kier molecular flexibility index (Phi) is 8.58. The number of ketones is 1. The molecule has 122 valence electrons. The minimum atomic E-state index is -0.712. The Morgan fingerprint density at radius 2 is 1.81 bits per heavy atom. The maximum atomic E-state index is 12.4. The number of nitrogens with two attached hydrogens (primary N) is 2. The van der Waals surface area contributed by atoms with Crippen molar-refractivity contribution < 1.29 is 14.4 Å². The smallest absolute Gasteiger partial charge is 0.224 e. The van der Waals surface area contributed by atoms with Gasteiger partial charge in [-0.15, -0.1) is 0 Å². The number of rotatable bonds is 8. The normalized spacial score (nSPS) is 17.6. The van der Waals surface area contributed by atoms with Gasteiger partial charge in [0.1, 0.15) is 0 Å². The predicted octanol–water partition coefficient (Wildman–Crippen LogP) is 0.348. The lowest BCUT2D eigenvalue weighted by atomic mass is 9.79. The molecule has 1 aliphatic carbocycles. The highest BCUT2D eigenvalue weighted by atomic mass is 32.1. The van der Waals surface area contributed by atoms with E-state index in [-0.39, 0.29) is 31.6 Å². The van der Waals surface area contributed by atoms with Gasteiger partial charge in [-0.05, 0) is 32.2 Å². The third-order valence-corrected chi connectivity index (χ3v) is 4.06. The maximum absolute atomic E-state index is 12.4. The summed E-state index contributed by atoms with van der Waals surface area (Å²) >= 11 is 0. The van der Waals surface area contributed by atoms with Gasteiger partial charge in [-0.3, -0.25) is 14.4 Å². The summed E-state index contributed by atoms with van der Waals surface area (Å²) in [6.07, 6.45) is 4.45. The molecular formula is C14H27N3O3S. The van der Waals surface area contributed by atoms with Gasteiger partial charge in [0.2, 0.25) is 11.8 Å². The van der Waals surface area contributed by atoms with Gasteiger partial charge in [0.25, 0.3) is 0 Å². The third kappa shape index (κ3) is 5.67. The van der Waals surface area contributed by atoms with Crippen LogP contribution >= 0.6 is 13.5 Å². The lowest BCUT2D eigenvalue weighted by molar-refractivity contribution is -0.134. The van der Waals surface area contributed by atoms with E-state index in [1.165, 1.54) is 6.92 Å². The summed E-state index contributed by atoms with van der Waals surface area (Å²) in [7, 11) is 0. The summed E-state index contributed by atoms with van der Waals surface area (Å²) in [6, 6.07) is -0.562. The molecule has 0 aromatic heterocycles. The summed E-state index contributed by atoms with van der Waals surface area (Å²) in [5.74, 6) is -0.766. The van der Waals surface area contributed by atoms with Crippen LogP contribution in [0, 0.1) is 5.41 Å². The number of amides is 2. The highest BCUT2D eigenvalue weighted by Gasteiger charge is 2.42. The topological polar surface area (TPSA) is 115 Å². The average molecular weight is 317 g/mol. The molecule has 1 saturated carbocycles. The fourth-order valence-electron chi connectivity index (χ4n) is 2.90. The summed E-state index contributed by atoms with van der Waals surface area (Å²) in [4.78, 5) is 35.3. The van der Waals surface area contributed by atoms with Crippen molar-refractivity contribution in [2.75, 3.05) is 6.54 Å². The van der Waals surface area contributed by atoms with Crippen LogP contribution in [-0.2, 0) is 14.4 Å². The minimum absolute atomic E-state index is 0. The second-order valence-electron chi connectivity index (χ2n) is 5.68. The monoisotopic (exact) mass is 317 g/mol. The highest BCUT2D eigenvalue weighted by Crippen LogP contribution is 2.41. The van der Waals surface area contributed by atoms with Gasteiger partial charge in [0, 0.05) is 13.3 Å². The fourth-order valence-corrected chi connectivity index (χ4v) is 2.90. The molecule has 0 aromatic rings. The van der Waals surface area contributed by atoms with Crippen molar-refractivity contribution >= 4 is 31.1 Å². The molecule has 2 amide bonds. The van der Waals surface area contributed by atoms with E-state index in [0.717, 1.165) is 12.8 Å². The molecule has 0 heterocycles. The molecule has 0 saturated heterocycles. The Morgan fingerprint density at radius 1 is 1.24 bits per heavy atom. The van der Waals surface area contributed by atoms with E-state index in [9.17, 15) is 14.4 Å². The minimum Gasteiger partial charge on any atom is -0.369 e. The number of carbonyl (C=O) groups excluding carboxylic acids is 3. The van der Waals surface area contributed by atoms with Crippen LogP contribution in [-0.4, -0.2) is 30.2 Å². The Morgan fingerprint density at radius 3 is 2.24 bits per heavy atom. The molecule has 1 atom stereocenters. The number of hydrogen-bond donors (Lipinski definition) is 3. The van der Waals surface area contributed by atoms with Gasteiger partial charge in [-0.25, -0.2) is 0 Å². The van der Waals surface area contributed by atoms with Crippen LogP contribution in [0.3, 0.4) is 0 Å². The first-order valence-corrected chi connectivity index (χ1v) is 7.21. The highest BCUT2D eigenvalue weighted by molar-refractivity contribution is 7.59. The first-order valence-electron chi connectivity index (χ1n) is 7.21. The Balaban J connectivity index is 0.00000400. The molecule has 0 unspecified atom stereocenters. The van der Waals surface area contributed by atoms with Crippen molar-refractivity contribution in [1.29, 1.82) is 0 Å².